The second kappa shape index (κ2) is 6.08. The van der Waals surface area contributed by atoms with Gasteiger partial charge in [-0.2, -0.15) is 0 Å². The Balaban J connectivity index is 2.56. The average Bonchev–Trinajstić information content (AvgIpc) is 2.27. The summed E-state index contributed by atoms with van der Waals surface area (Å²) in [4.78, 5) is 0. The van der Waals surface area contributed by atoms with Crippen LogP contribution in [0.2, 0.25) is 0 Å². The molecule has 2 rings (SSSR count). The molecule has 96 valence electrons. The zero-order chi connectivity index (χ0) is 13.1. The van der Waals surface area contributed by atoms with Gasteiger partial charge in [-0.3, -0.25) is 9.34 Å². The molecule has 0 aliphatic heterocycles. The smallest absolute Gasteiger partial charge is 0.000935 e. The first-order valence-electron chi connectivity index (χ1n) is 5.97. The summed E-state index contributed by atoms with van der Waals surface area (Å²) in [5.74, 6) is 0. The fourth-order valence-electron chi connectivity index (χ4n) is 2.01. The molecule has 18 heavy (non-hydrogen) atoms. The lowest BCUT2D eigenvalue weighted by Crippen LogP contribution is -2.14. The molecule has 2 unspecified atom stereocenters. The third-order valence-electron chi connectivity index (χ3n) is 2.59. The predicted octanol–water partition coefficient (Wildman–Crippen LogP) is 2.40. The summed E-state index contributed by atoms with van der Waals surface area (Å²) < 4.78 is 4.51. The van der Waals surface area contributed by atoms with Crippen LogP contribution >= 0.6 is 17.5 Å². The zero-order valence-electron chi connectivity index (χ0n) is 11.4. The first-order chi connectivity index (χ1) is 8.58. The highest BCUT2D eigenvalue weighted by Gasteiger charge is 2.07. The number of hydrogen-bond acceptors (Lipinski definition) is 2. The van der Waals surface area contributed by atoms with Crippen molar-refractivity contribution in [2.45, 2.75) is 0 Å². The van der Waals surface area contributed by atoms with Crippen molar-refractivity contribution in [2.75, 3.05) is 28.2 Å². The molecule has 2 aromatic carbocycles. The lowest BCUT2D eigenvalue weighted by atomic mass is 10.1. The summed E-state index contributed by atoms with van der Waals surface area (Å²) in [5.41, 5.74) is 0. The van der Waals surface area contributed by atoms with E-state index in [4.69, 9.17) is 0 Å². The molecule has 0 fully saturated rings. The normalized spacial score (nSPS) is 13.0. The van der Waals surface area contributed by atoms with E-state index in [1.807, 2.05) is 0 Å². The monoisotopic (exact) mass is 278 g/mol. The first kappa shape index (κ1) is 13.9. The summed E-state index contributed by atoms with van der Waals surface area (Å²) in [6, 6.07) is 13.3. The fraction of sp³-hybridized carbons (Fsp3) is 0.286. The molecule has 0 aliphatic carbocycles. The van der Waals surface area contributed by atoms with E-state index in [0.29, 0.717) is 0 Å². The van der Waals surface area contributed by atoms with E-state index in [1.54, 1.807) is 0 Å². The molecule has 0 aliphatic rings. The largest absolute Gasteiger partial charge is 0.287 e. The van der Waals surface area contributed by atoms with Crippen LogP contribution in [-0.2, 0) is 0 Å². The Hall–Kier alpha value is -0.520. The third kappa shape index (κ3) is 3.28. The number of rotatable bonds is 4. The number of nitrogens with zero attached hydrogens (tertiary/aromatic N) is 2. The van der Waals surface area contributed by atoms with Crippen LogP contribution < -0.4 is 10.6 Å². The van der Waals surface area contributed by atoms with Crippen LogP contribution in [0.5, 0.6) is 0 Å². The van der Waals surface area contributed by atoms with Gasteiger partial charge in [0.15, 0.2) is 0 Å². The van der Waals surface area contributed by atoms with E-state index < -0.39 is 0 Å². The molecule has 0 spiro atoms. The Morgan fingerprint density at radius 2 is 1.17 bits per heavy atom. The fourth-order valence-corrected chi connectivity index (χ4v) is 4.22. The lowest BCUT2D eigenvalue weighted by molar-refractivity contribution is 0.696. The highest BCUT2D eigenvalue weighted by molar-refractivity contribution is 7.47. The summed E-state index contributed by atoms with van der Waals surface area (Å²) in [6.45, 7) is 0. The van der Waals surface area contributed by atoms with Gasteiger partial charge in [0.05, 0.1) is 0 Å². The summed E-state index contributed by atoms with van der Waals surface area (Å²) in [6.07, 6.45) is 0. The summed E-state index contributed by atoms with van der Waals surface area (Å²) in [5, 5.41) is 5.69. The molecule has 0 aromatic heterocycles. The molecule has 2 nitrogen and oxygen atoms in total. The van der Waals surface area contributed by atoms with Crippen molar-refractivity contribution in [1.29, 1.82) is 0 Å². The molecule has 0 amide bonds. The van der Waals surface area contributed by atoms with Gasteiger partial charge >= 0.3 is 0 Å². The summed E-state index contributed by atoms with van der Waals surface area (Å²) >= 11 is 0. The Kier molecular flexibility index (Phi) is 4.70. The minimum atomic E-state index is 0.727. The minimum absolute atomic E-state index is 0.727. The maximum absolute atomic E-state index is 2.25. The van der Waals surface area contributed by atoms with Crippen molar-refractivity contribution in [2.24, 2.45) is 0 Å². The number of benzene rings is 2. The first-order valence-corrected chi connectivity index (χ1v) is 7.87. The van der Waals surface area contributed by atoms with E-state index in [2.05, 4.69) is 73.9 Å². The Morgan fingerprint density at radius 1 is 0.722 bits per heavy atom. The highest BCUT2D eigenvalue weighted by atomic mass is 31.1. The third-order valence-corrected chi connectivity index (χ3v) is 4.80. The maximum Gasteiger partial charge on any atom is -0.000935 e. The molecule has 4 heteroatoms. The SMILES string of the molecule is CN(C)Pc1cccc2cccc(PN(C)C)c12. The Bertz CT molecular complexity index is 494. The van der Waals surface area contributed by atoms with Crippen molar-refractivity contribution in [3.05, 3.63) is 36.4 Å². The number of fused-ring (bicyclic) bond motifs is 1. The van der Waals surface area contributed by atoms with Gasteiger partial charge in [-0.15, -0.1) is 0 Å². The van der Waals surface area contributed by atoms with E-state index in [1.165, 1.54) is 21.4 Å². The van der Waals surface area contributed by atoms with Gasteiger partial charge in [-0.1, -0.05) is 36.4 Å². The van der Waals surface area contributed by atoms with Crippen LogP contribution in [0.15, 0.2) is 36.4 Å². The second-order valence-corrected chi connectivity index (χ2v) is 8.04. The van der Waals surface area contributed by atoms with Crippen molar-refractivity contribution in [3.8, 4) is 0 Å². The van der Waals surface area contributed by atoms with Crippen LogP contribution in [0, 0.1) is 0 Å². The van der Waals surface area contributed by atoms with Crippen LogP contribution in [0.1, 0.15) is 0 Å². The molecule has 2 atom stereocenters. The highest BCUT2D eigenvalue weighted by Crippen LogP contribution is 2.24. The van der Waals surface area contributed by atoms with Gasteiger partial charge in [-0.25, -0.2) is 0 Å². The van der Waals surface area contributed by atoms with E-state index in [-0.39, 0.29) is 0 Å². The van der Waals surface area contributed by atoms with Crippen LogP contribution in [0.3, 0.4) is 0 Å². The molecule has 0 saturated carbocycles. The second-order valence-electron chi connectivity index (χ2n) is 4.72. The summed E-state index contributed by atoms with van der Waals surface area (Å²) in [7, 11) is 9.99. The zero-order valence-corrected chi connectivity index (χ0v) is 13.4. The quantitative estimate of drug-likeness (QED) is 0.792. The van der Waals surface area contributed by atoms with Crippen molar-refractivity contribution in [3.63, 3.8) is 0 Å². The lowest BCUT2D eigenvalue weighted by Gasteiger charge is -2.17. The molecule has 2 aromatic rings. The molecule has 0 bridgehead atoms. The van der Waals surface area contributed by atoms with Crippen LogP contribution in [0.4, 0.5) is 0 Å². The van der Waals surface area contributed by atoms with Gasteiger partial charge in [-0.05, 0) is 67.0 Å². The predicted molar refractivity (Wildman–Crippen MR) is 87.2 cm³/mol. The van der Waals surface area contributed by atoms with Crippen LogP contribution in [-0.4, -0.2) is 37.5 Å². The minimum Gasteiger partial charge on any atom is -0.287 e. The molecule has 0 saturated heterocycles. The van der Waals surface area contributed by atoms with Gasteiger partial charge in [0, 0.05) is 0 Å². The topological polar surface area (TPSA) is 6.48 Å². The van der Waals surface area contributed by atoms with Crippen molar-refractivity contribution < 1.29 is 0 Å². The average molecular weight is 278 g/mol. The van der Waals surface area contributed by atoms with Gasteiger partial charge in [0.25, 0.3) is 0 Å². The van der Waals surface area contributed by atoms with E-state index in [0.717, 1.165) is 17.5 Å². The van der Waals surface area contributed by atoms with Crippen molar-refractivity contribution in [1.82, 2.24) is 9.34 Å². The Labute approximate surface area is 113 Å². The molecule has 0 heterocycles. The molecular weight excluding hydrogens is 258 g/mol. The van der Waals surface area contributed by atoms with Crippen molar-refractivity contribution >= 4 is 38.8 Å². The number of hydrogen-bond donors (Lipinski definition) is 0. The molecule has 0 N–H and O–H groups in total. The van der Waals surface area contributed by atoms with E-state index in [9.17, 15) is 0 Å². The molecule has 0 radical (unpaired) electrons. The van der Waals surface area contributed by atoms with Gasteiger partial charge in [0.1, 0.15) is 0 Å². The van der Waals surface area contributed by atoms with E-state index >= 15 is 0 Å². The van der Waals surface area contributed by atoms with Crippen LogP contribution in [0.25, 0.3) is 10.8 Å². The maximum atomic E-state index is 2.25. The van der Waals surface area contributed by atoms with Gasteiger partial charge < -0.3 is 0 Å². The Morgan fingerprint density at radius 3 is 1.56 bits per heavy atom. The molecular formula is C14H20N2P2. The van der Waals surface area contributed by atoms with Gasteiger partial charge in [0.2, 0.25) is 0 Å². The standard InChI is InChI=1S/C14H20N2P2/c1-15(2)17-12-9-5-7-11-8-6-10-13(14(11)12)18-16(3)4/h5-10,17-18H,1-4H3.